The Kier molecular flexibility index (Phi) is 8.66. The van der Waals surface area contributed by atoms with Gasteiger partial charge in [0, 0.05) is 12.6 Å². The number of carbonyl (C=O) groups excluding carboxylic acids is 1. The molecular weight excluding hydrogens is 406 g/mol. The molecule has 6 heteroatoms. The molecule has 0 aliphatic rings. The van der Waals surface area contributed by atoms with Crippen LogP contribution in [0.5, 0.6) is 11.5 Å². The number of esters is 1. The van der Waals surface area contributed by atoms with Crippen molar-refractivity contribution in [2.24, 2.45) is 0 Å². The molecule has 2 N–H and O–H groups in total. The average Bonchev–Trinajstić information content (AvgIpc) is 2.84. The van der Waals surface area contributed by atoms with Crippen molar-refractivity contribution in [1.82, 2.24) is 5.32 Å². The molecule has 0 fully saturated rings. The van der Waals surface area contributed by atoms with Crippen LogP contribution < -0.4 is 14.8 Å². The van der Waals surface area contributed by atoms with Crippen LogP contribution in [0.3, 0.4) is 0 Å². The van der Waals surface area contributed by atoms with Gasteiger partial charge < -0.3 is 24.6 Å². The number of hydrogen-bond donors (Lipinski definition) is 2. The zero-order valence-corrected chi connectivity index (χ0v) is 18.4. The maximum atomic E-state index is 12.2. The summed E-state index contributed by atoms with van der Waals surface area (Å²) >= 11 is 0. The molecule has 0 spiro atoms. The molecule has 3 aromatic carbocycles. The second-order valence-corrected chi connectivity index (χ2v) is 7.21. The third-order valence-corrected chi connectivity index (χ3v) is 4.94. The van der Waals surface area contributed by atoms with E-state index in [9.17, 15) is 9.90 Å². The number of ether oxygens (including phenoxy) is 3. The van der Waals surface area contributed by atoms with Crippen LogP contribution >= 0.6 is 0 Å². The molecule has 1 atom stereocenters. The first-order valence-electron chi connectivity index (χ1n) is 10.6. The Morgan fingerprint density at radius 1 is 0.969 bits per heavy atom. The number of hydrogen-bond acceptors (Lipinski definition) is 6. The van der Waals surface area contributed by atoms with Crippen LogP contribution in [-0.4, -0.2) is 44.0 Å². The Hall–Kier alpha value is -3.35. The van der Waals surface area contributed by atoms with E-state index in [1.807, 2.05) is 36.4 Å². The maximum Gasteiger partial charge on any atom is 0.341 e. The first-order chi connectivity index (χ1) is 15.6. The molecule has 3 rings (SSSR count). The summed E-state index contributed by atoms with van der Waals surface area (Å²) in [5.74, 6) is 0.379. The van der Waals surface area contributed by atoms with Crippen LogP contribution in [0, 0.1) is 0 Å². The normalized spacial score (nSPS) is 11.8. The van der Waals surface area contributed by atoms with Crippen molar-refractivity contribution >= 4 is 5.97 Å². The van der Waals surface area contributed by atoms with Crippen molar-refractivity contribution in [2.45, 2.75) is 19.1 Å². The molecule has 168 valence electrons. The Labute approximate surface area is 188 Å². The summed E-state index contributed by atoms with van der Waals surface area (Å²) < 4.78 is 16.1. The lowest BCUT2D eigenvalue weighted by molar-refractivity contribution is 0.0515. The van der Waals surface area contributed by atoms with E-state index >= 15 is 0 Å². The van der Waals surface area contributed by atoms with Gasteiger partial charge in [0.2, 0.25) is 0 Å². The predicted octanol–water partition coefficient (Wildman–Crippen LogP) is 3.99. The molecule has 0 aromatic heterocycles. The SMILES string of the molecule is CCOC(=O)c1ccc(OC)cc1OCC(O)CNC(c1ccccc1)c1ccccc1. The van der Waals surface area contributed by atoms with Gasteiger partial charge in [-0.15, -0.1) is 0 Å². The second kappa shape index (κ2) is 11.9. The molecular formula is C26H29NO5. The highest BCUT2D eigenvalue weighted by molar-refractivity contribution is 5.92. The van der Waals surface area contributed by atoms with E-state index in [2.05, 4.69) is 29.6 Å². The second-order valence-electron chi connectivity index (χ2n) is 7.21. The lowest BCUT2D eigenvalue weighted by Crippen LogP contribution is -2.34. The van der Waals surface area contributed by atoms with Gasteiger partial charge in [0.15, 0.2) is 0 Å². The van der Waals surface area contributed by atoms with E-state index in [0.717, 1.165) is 11.1 Å². The highest BCUT2D eigenvalue weighted by Gasteiger charge is 2.18. The van der Waals surface area contributed by atoms with E-state index in [1.165, 1.54) is 7.11 Å². The van der Waals surface area contributed by atoms with Gasteiger partial charge in [0.1, 0.15) is 29.8 Å². The smallest absolute Gasteiger partial charge is 0.341 e. The quantitative estimate of drug-likeness (QED) is 0.444. The third kappa shape index (κ3) is 6.33. The Bertz CT molecular complexity index is 939. The summed E-state index contributed by atoms with van der Waals surface area (Å²) in [6.45, 7) is 2.31. The van der Waals surface area contributed by atoms with Gasteiger partial charge in [0.25, 0.3) is 0 Å². The first-order valence-corrected chi connectivity index (χ1v) is 10.6. The van der Waals surface area contributed by atoms with E-state index in [0.29, 0.717) is 23.6 Å². The molecule has 6 nitrogen and oxygen atoms in total. The standard InChI is InChI=1S/C26H29NO5/c1-3-31-26(29)23-15-14-22(30-2)16-24(23)32-18-21(28)17-27-25(19-10-6-4-7-11-19)20-12-8-5-9-13-20/h4-16,21,25,27-28H,3,17-18H2,1-2H3. The fraction of sp³-hybridized carbons (Fsp3) is 0.269. The monoisotopic (exact) mass is 435 g/mol. The summed E-state index contributed by atoms with van der Waals surface area (Å²) in [4.78, 5) is 12.2. The van der Waals surface area contributed by atoms with Crippen LogP contribution in [0.2, 0.25) is 0 Å². The van der Waals surface area contributed by atoms with Crippen molar-refractivity contribution in [1.29, 1.82) is 0 Å². The Balaban J connectivity index is 1.66. The summed E-state index contributed by atoms with van der Waals surface area (Å²) in [7, 11) is 1.54. The lowest BCUT2D eigenvalue weighted by atomic mass is 9.98. The molecule has 0 amide bonds. The number of nitrogens with one attached hydrogen (secondary N) is 1. The van der Waals surface area contributed by atoms with Crippen molar-refractivity contribution < 1.29 is 24.1 Å². The van der Waals surface area contributed by atoms with E-state index < -0.39 is 12.1 Å². The summed E-state index contributed by atoms with van der Waals surface area (Å²) in [5.41, 5.74) is 2.49. The molecule has 0 saturated carbocycles. The van der Waals surface area contributed by atoms with Crippen molar-refractivity contribution in [3.05, 3.63) is 95.6 Å². The fourth-order valence-electron chi connectivity index (χ4n) is 3.34. The van der Waals surface area contributed by atoms with Gasteiger partial charge >= 0.3 is 5.97 Å². The minimum atomic E-state index is -0.800. The van der Waals surface area contributed by atoms with Gasteiger partial charge in [-0.25, -0.2) is 4.79 Å². The van der Waals surface area contributed by atoms with Crippen LogP contribution in [-0.2, 0) is 4.74 Å². The molecule has 0 aliphatic heterocycles. The molecule has 1 unspecified atom stereocenters. The van der Waals surface area contributed by atoms with E-state index in [-0.39, 0.29) is 19.3 Å². The van der Waals surface area contributed by atoms with E-state index in [1.54, 1.807) is 25.1 Å². The highest BCUT2D eigenvalue weighted by Crippen LogP contribution is 2.26. The average molecular weight is 436 g/mol. The molecule has 3 aromatic rings. The zero-order chi connectivity index (χ0) is 22.8. The Morgan fingerprint density at radius 2 is 1.59 bits per heavy atom. The highest BCUT2D eigenvalue weighted by atomic mass is 16.5. The number of carbonyl (C=O) groups is 1. The van der Waals surface area contributed by atoms with Gasteiger partial charge in [0.05, 0.1) is 19.8 Å². The molecule has 32 heavy (non-hydrogen) atoms. The largest absolute Gasteiger partial charge is 0.497 e. The maximum absolute atomic E-state index is 12.2. The topological polar surface area (TPSA) is 77.0 Å². The number of rotatable bonds is 11. The zero-order valence-electron chi connectivity index (χ0n) is 18.4. The van der Waals surface area contributed by atoms with Crippen molar-refractivity contribution in [2.75, 3.05) is 26.9 Å². The van der Waals surface area contributed by atoms with E-state index in [4.69, 9.17) is 14.2 Å². The van der Waals surface area contributed by atoms with Crippen LogP contribution in [0.4, 0.5) is 0 Å². The molecule has 0 heterocycles. The van der Waals surface area contributed by atoms with Crippen LogP contribution in [0.1, 0.15) is 34.5 Å². The lowest BCUT2D eigenvalue weighted by Gasteiger charge is -2.22. The van der Waals surface area contributed by atoms with Gasteiger partial charge in [-0.3, -0.25) is 0 Å². The van der Waals surface area contributed by atoms with Gasteiger partial charge in [-0.2, -0.15) is 0 Å². The number of aliphatic hydroxyl groups is 1. The first kappa shape index (κ1) is 23.3. The summed E-state index contributed by atoms with van der Waals surface area (Å²) in [6.07, 6.45) is -0.800. The van der Waals surface area contributed by atoms with Gasteiger partial charge in [-0.05, 0) is 30.2 Å². The number of benzene rings is 3. The summed E-state index contributed by atoms with van der Waals surface area (Å²) in [5, 5.41) is 14.0. The summed E-state index contributed by atoms with van der Waals surface area (Å²) in [6, 6.07) is 24.9. The molecule has 0 aliphatic carbocycles. The van der Waals surface area contributed by atoms with Crippen molar-refractivity contribution in [3.8, 4) is 11.5 Å². The molecule has 0 saturated heterocycles. The minimum absolute atomic E-state index is 0.00285. The van der Waals surface area contributed by atoms with Gasteiger partial charge in [-0.1, -0.05) is 60.7 Å². The van der Waals surface area contributed by atoms with Crippen LogP contribution in [0.15, 0.2) is 78.9 Å². The van der Waals surface area contributed by atoms with Crippen LogP contribution in [0.25, 0.3) is 0 Å². The third-order valence-electron chi connectivity index (χ3n) is 4.94. The fourth-order valence-corrected chi connectivity index (χ4v) is 3.34. The Morgan fingerprint density at radius 3 is 2.16 bits per heavy atom. The molecule has 0 radical (unpaired) electrons. The molecule has 0 bridgehead atoms. The number of methoxy groups -OCH3 is 1. The number of aliphatic hydroxyl groups excluding tert-OH is 1. The minimum Gasteiger partial charge on any atom is -0.497 e. The predicted molar refractivity (Wildman–Crippen MR) is 123 cm³/mol. The van der Waals surface area contributed by atoms with Crippen molar-refractivity contribution in [3.63, 3.8) is 0 Å².